The first-order chi connectivity index (χ1) is 8.52. The molecule has 0 aromatic carbocycles. The Morgan fingerprint density at radius 1 is 1.50 bits per heavy atom. The van der Waals surface area contributed by atoms with Gasteiger partial charge in [-0.3, -0.25) is 4.79 Å². The number of carbonyl (C=O) groups is 1. The van der Waals surface area contributed by atoms with Gasteiger partial charge in [0.05, 0.1) is 10.7 Å². The number of rotatable bonds is 7. The minimum Gasteiger partial charge on any atom is -0.393 e. The van der Waals surface area contributed by atoms with E-state index in [1.807, 2.05) is 13.8 Å². The van der Waals surface area contributed by atoms with E-state index >= 15 is 0 Å². The van der Waals surface area contributed by atoms with Crippen molar-refractivity contribution in [2.75, 3.05) is 6.54 Å². The summed E-state index contributed by atoms with van der Waals surface area (Å²) >= 11 is 5.92. The number of aromatic nitrogens is 2. The average molecular weight is 286 g/mol. The number of nitrogens with two attached hydrogens (primary N) is 1. The summed E-state index contributed by atoms with van der Waals surface area (Å²) in [5.74, 6) is 0.114. The Bertz CT molecular complexity index is 417. The second-order valence-electron chi connectivity index (χ2n) is 4.32. The van der Waals surface area contributed by atoms with Crippen LogP contribution in [0.1, 0.15) is 54.4 Å². The monoisotopic (exact) mass is 286 g/mol. The lowest BCUT2D eigenvalue weighted by Crippen LogP contribution is -2.25. The molecule has 1 amide bonds. The molecule has 3 N–H and O–H groups in total. The van der Waals surface area contributed by atoms with Gasteiger partial charge in [-0.05, 0) is 36.7 Å². The average Bonchev–Trinajstić information content (AvgIpc) is 2.76. The summed E-state index contributed by atoms with van der Waals surface area (Å²) in [5, 5.41) is 6.84. The molecule has 1 heterocycles. The molecular weight excluding hydrogens is 268 g/mol. The second-order valence-corrected chi connectivity index (χ2v) is 5.60. The predicted octanol–water partition coefficient (Wildman–Crippen LogP) is 1.85. The molecule has 7 heteroatoms. The summed E-state index contributed by atoms with van der Waals surface area (Å²) in [6.07, 6.45) is 2.49. The molecule has 5 nitrogen and oxygen atoms in total. The van der Waals surface area contributed by atoms with Gasteiger partial charge in [0.1, 0.15) is 4.88 Å². The van der Waals surface area contributed by atoms with Gasteiger partial charge in [-0.2, -0.15) is 0 Å². The standard InChI is InChI=1S/C11H18N4OS2/c1-7(2)9-10(18-15-14-9)11(16)13-6-4-3-5-8(12)17/h7H,3-6H2,1-2H3,(H2,12,17)(H,13,16). The van der Waals surface area contributed by atoms with Crippen LogP contribution in [-0.2, 0) is 0 Å². The predicted molar refractivity (Wildman–Crippen MR) is 77.0 cm³/mol. The molecule has 18 heavy (non-hydrogen) atoms. The first kappa shape index (κ1) is 15.0. The van der Waals surface area contributed by atoms with Crippen LogP contribution < -0.4 is 11.1 Å². The van der Waals surface area contributed by atoms with E-state index in [-0.39, 0.29) is 11.8 Å². The Balaban J connectivity index is 2.36. The van der Waals surface area contributed by atoms with Crippen molar-refractivity contribution in [3.8, 4) is 0 Å². The maximum atomic E-state index is 11.9. The number of carbonyl (C=O) groups excluding carboxylic acids is 1. The third-order valence-corrected chi connectivity index (χ3v) is 3.35. The highest BCUT2D eigenvalue weighted by molar-refractivity contribution is 7.80. The molecule has 1 rings (SSSR count). The van der Waals surface area contributed by atoms with Crippen LogP contribution in [0.2, 0.25) is 0 Å². The van der Waals surface area contributed by atoms with Crippen molar-refractivity contribution in [3.05, 3.63) is 10.6 Å². The van der Waals surface area contributed by atoms with Gasteiger partial charge in [-0.15, -0.1) is 5.10 Å². The van der Waals surface area contributed by atoms with Gasteiger partial charge < -0.3 is 11.1 Å². The molecule has 0 aliphatic carbocycles. The van der Waals surface area contributed by atoms with Crippen molar-refractivity contribution >= 4 is 34.6 Å². The zero-order valence-electron chi connectivity index (χ0n) is 10.6. The van der Waals surface area contributed by atoms with Crippen molar-refractivity contribution in [3.63, 3.8) is 0 Å². The van der Waals surface area contributed by atoms with Gasteiger partial charge in [0.25, 0.3) is 5.91 Å². The van der Waals surface area contributed by atoms with Gasteiger partial charge in [0, 0.05) is 6.54 Å². The quantitative estimate of drug-likeness (QED) is 0.590. The SMILES string of the molecule is CC(C)c1nnsc1C(=O)NCCCCC(N)=S. The van der Waals surface area contributed by atoms with Crippen molar-refractivity contribution in [2.24, 2.45) is 5.73 Å². The lowest BCUT2D eigenvalue weighted by Gasteiger charge is -2.05. The van der Waals surface area contributed by atoms with Crippen molar-refractivity contribution in [1.82, 2.24) is 14.9 Å². The summed E-state index contributed by atoms with van der Waals surface area (Å²) in [6.45, 7) is 4.61. The molecular formula is C11H18N4OS2. The van der Waals surface area contributed by atoms with Gasteiger partial charge >= 0.3 is 0 Å². The van der Waals surface area contributed by atoms with Gasteiger partial charge in [0.2, 0.25) is 0 Å². The normalized spacial score (nSPS) is 10.6. The molecule has 0 saturated heterocycles. The third-order valence-electron chi connectivity index (χ3n) is 2.40. The van der Waals surface area contributed by atoms with Crippen LogP contribution in [0, 0.1) is 0 Å². The Hall–Kier alpha value is -1.08. The molecule has 0 spiro atoms. The molecule has 0 radical (unpaired) electrons. The van der Waals surface area contributed by atoms with E-state index < -0.39 is 0 Å². The molecule has 0 bridgehead atoms. The van der Waals surface area contributed by atoms with Gasteiger partial charge in [-0.25, -0.2) is 0 Å². The van der Waals surface area contributed by atoms with E-state index in [0.717, 1.165) is 36.5 Å². The Labute approximate surface area is 116 Å². The smallest absolute Gasteiger partial charge is 0.264 e. The van der Waals surface area contributed by atoms with Gasteiger partial charge in [-0.1, -0.05) is 30.6 Å². The maximum Gasteiger partial charge on any atom is 0.264 e. The third kappa shape index (κ3) is 4.66. The molecule has 0 atom stereocenters. The summed E-state index contributed by atoms with van der Waals surface area (Å²) < 4.78 is 3.83. The summed E-state index contributed by atoms with van der Waals surface area (Å²) in [6, 6.07) is 0. The minimum atomic E-state index is -0.0935. The highest BCUT2D eigenvalue weighted by Crippen LogP contribution is 2.19. The van der Waals surface area contributed by atoms with Crippen LogP contribution in [0.25, 0.3) is 0 Å². The van der Waals surface area contributed by atoms with E-state index in [1.165, 1.54) is 0 Å². The van der Waals surface area contributed by atoms with E-state index in [1.54, 1.807) is 0 Å². The van der Waals surface area contributed by atoms with E-state index in [9.17, 15) is 4.79 Å². The first-order valence-corrected chi connectivity index (χ1v) is 7.09. The fourth-order valence-electron chi connectivity index (χ4n) is 1.44. The highest BCUT2D eigenvalue weighted by Gasteiger charge is 2.17. The number of nitrogens with zero attached hydrogens (tertiary/aromatic N) is 2. The zero-order chi connectivity index (χ0) is 13.5. The second kappa shape index (κ2) is 7.38. The zero-order valence-corrected chi connectivity index (χ0v) is 12.2. The molecule has 0 saturated carbocycles. The maximum absolute atomic E-state index is 11.9. The van der Waals surface area contributed by atoms with Crippen LogP contribution in [0.3, 0.4) is 0 Å². The van der Waals surface area contributed by atoms with E-state index in [0.29, 0.717) is 16.4 Å². The minimum absolute atomic E-state index is 0.0935. The molecule has 0 aliphatic heterocycles. The summed E-state index contributed by atoms with van der Waals surface area (Å²) in [7, 11) is 0. The Morgan fingerprint density at radius 2 is 2.22 bits per heavy atom. The topological polar surface area (TPSA) is 80.9 Å². The van der Waals surface area contributed by atoms with Crippen LogP contribution >= 0.6 is 23.8 Å². The number of hydrogen-bond donors (Lipinski definition) is 2. The van der Waals surface area contributed by atoms with Crippen LogP contribution in [0.15, 0.2) is 0 Å². The fourth-order valence-corrected chi connectivity index (χ4v) is 2.32. The lowest BCUT2D eigenvalue weighted by molar-refractivity contribution is 0.0955. The first-order valence-electron chi connectivity index (χ1n) is 5.91. The van der Waals surface area contributed by atoms with E-state index in [2.05, 4.69) is 14.9 Å². The molecule has 0 aliphatic rings. The molecule has 0 unspecified atom stereocenters. The number of thiocarbonyl (C=S) groups is 1. The molecule has 0 fully saturated rings. The van der Waals surface area contributed by atoms with Crippen molar-refractivity contribution < 1.29 is 4.79 Å². The summed E-state index contributed by atoms with van der Waals surface area (Å²) in [4.78, 5) is 13.0. The Kier molecular flexibility index (Phi) is 6.14. The lowest BCUT2D eigenvalue weighted by atomic mass is 10.1. The molecule has 1 aromatic heterocycles. The van der Waals surface area contributed by atoms with Crippen LogP contribution in [-0.4, -0.2) is 27.0 Å². The largest absolute Gasteiger partial charge is 0.393 e. The highest BCUT2D eigenvalue weighted by atomic mass is 32.1. The van der Waals surface area contributed by atoms with Crippen LogP contribution in [0.4, 0.5) is 0 Å². The van der Waals surface area contributed by atoms with E-state index in [4.69, 9.17) is 18.0 Å². The van der Waals surface area contributed by atoms with Gasteiger partial charge in [0.15, 0.2) is 0 Å². The number of unbranched alkanes of at least 4 members (excludes halogenated alkanes) is 1. The number of amides is 1. The Morgan fingerprint density at radius 3 is 2.83 bits per heavy atom. The van der Waals surface area contributed by atoms with Crippen LogP contribution in [0.5, 0.6) is 0 Å². The molecule has 1 aromatic rings. The number of hydrogen-bond acceptors (Lipinski definition) is 5. The molecule has 100 valence electrons. The number of nitrogens with one attached hydrogen (secondary N) is 1. The van der Waals surface area contributed by atoms with Crippen molar-refractivity contribution in [2.45, 2.75) is 39.0 Å². The van der Waals surface area contributed by atoms with Crippen molar-refractivity contribution in [1.29, 1.82) is 0 Å². The summed E-state index contributed by atoms with van der Waals surface area (Å²) in [5.41, 5.74) is 6.16. The fraction of sp³-hybridized carbons (Fsp3) is 0.636.